The Morgan fingerprint density at radius 2 is 0.690 bits per heavy atom. The van der Waals surface area contributed by atoms with Gasteiger partial charge in [-0.2, -0.15) is 0 Å². The van der Waals surface area contributed by atoms with Crippen LogP contribution in [0.25, 0.3) is 0 Å². The first-order chi connectivity index (χ1) is 13.8. The lowest BCUT2D eigenvalue weighted by atomic mass is 9.78. The van der Waals surface area contributed by atoms with Gasteiger partial charge in [0.25, 0.3) is 0 Å². The maximum absolute atomic E-state index is 4.50. The third kappa shape index (κ3) is 9.11. The van der Waals surface area contributed by atoms with Crippen LogP contribution in [-0.4, -0.2) is 7.05 Å². The monoisotopic (exact) mass is 391 g/mol. The van der Waals surface area contributed by atoms with E-state index in [0.717, 1.165) is 0 Å². The Hall–Kier alpha value is -2.38. The molecule has 0 spiro atoms. The Morgan fingerprint density at radius 1 is 0.448 bits per heavy atom. The van der Waals surface area contributed by atoms with Crippen molar-refractivity contribution in [3.05, 3.63) is 108 Å². The molecule has 3 aromatic rings. The van der Waals surface area contributed by atoms with E-state index in [1.54, 1.807) is 0 Å². The van der Waals surface area contributed by atoms with Crippen molar-refractivity contribution in [2.24, 2.45) is 5.73 Å². The average molecular weight is 392 g/mol. The van der Waals surface area contributed by atoms with E-state index in [0.29, 0.717) is 5.41 Å². The lowest BCUT2D eigenvalue weighted by Gasteiger charge is -2.25. The number of benzene rings is 3. The number of nitrogens with two attached hydrogens (primary N) is 1. The van der Waals surface area contributed by atoms with Gasteiger partial charge in [0, 0.05) is 5.41 Å². The van der Waals surface area contributed by atoms with Gasteiger partial charge >= 0.3 is 0 Å². The van der Waals surface area contributed by atoms with E-state index in [1.165, 1.54) is 23.7 Å². The highest BCUT2D eigenvalue weighted by molar-refractivity contribution is 5.36. The second-order valence-electron chi connectivity index (χ2n) is 7.97. The van der Waals surface area contributed by atoms with E-state index in [2.05, 4.69) is 131 Å². The summed E-state index contributed by atoms with van der Waals surface area (Å²) in [7, 11) is 1.50. The van der Waals surface area contributed by atoms with Gasteiger partial charge in [-0.25, -0.2) is 0 Å². The van der Waals surface area contributed by atoms with Crippen LogP contribution in [-0.2, 0) is 10.8 Å². The van der Waals surface area contributed by atoms with Gasteiger partial charge in [-0.05, 0) is 29.2 Å². The summed E-state index contributed by atoms with van der Waals surface area (Å²) in [6, 6.07) is 31.8. The van der Waals surface area contributed by atoms with E-state index in [9.17, 15) is 0 Å². The molecule has 158 valence electrons. The zero-order valence-corrected chi connectivity index (χ0v) is 19.7. The Kier molecular flexibility index (Phi) is 12.6. The van der Waals surface area contributed by atoms with E-state index in [1.807, 2.05) is 13.8 Å². The molecule has 1 nitrogen and oxygen atoms in total. The molecular formula is C28H41N. The maximum atomic E-state index is 4.50. The van der Waals surface area contributed by atoms with Crippen molar-refractivity contribution in [3.8, 4) is 0 Å². The van der Waals surface area contributed by atoms with Crippen LogP contribution < -0.4 is 5.73 Å². The van der Waals surface area contributed by atoms with Crippen LogP contribution >= 0.6 is 0 Å². The topological polar surface area (TPSA) is 26.0 Å². The molecule has 0 saturated carbocycles. The van der Waals surface area contributed by atoms with E-state index < -0.39 is 0 Å². The van der Waals surface area contributed by atoms with Crippen LogP contribution in [0.4, 0.5) is 0 Å². The quantitative estimate of drug-likeness (QED) is 0.478. The summed E-state index contributed by atoms with van der Waals surface area (Å²) < 4.78 is 0. The van der Waals surface area contributed by atoms with Crippen LogP contribution in [0.5, 0.6) is 0 Å². The van der Waals surface area contributed by atoms with E-state index in [4.69, 9.17) is 0 Å². The second-order valence-corrected chi connectivity index (χ2v) is 7.97. The van der Waals surface area contributed by atoms with Crippen LogP contribution in [0.1, 0.15) is 65.2 Å². The third-order valence-corrected chi connectivity index (χ3v) is 4.63. The van der Waals surface area contributed by atoms with Gasteiger partial charge in [0.15, 0.2) is 0 Å². The molecule has 0 radical (unpaired) electrons. The fourth-order valence-electron chi connectivity index (χ4n) is 2.81. The highest BCUT2D eigenvalue weighted by Gasteiger charge is 2.21. The Labute approximate surface area is 180 Å². The van der Waals surface area contributed by atoms with Crippen LogP contribution in [0.15, 0.2) is 91.0 Å². The minimum absolute atomic E-state index is 0.0858. The Balaban J connectivity index is 0.000000488. The average Bonchev–Trinajstić information content (AvgIpc) is 2.78. The first kappa shape index (κ1) is 26.6. The Morgan fingerprint density at radius 3 is 0.897 bits per heavy atom. The highest BCUT2D eigenvalue weighted by Crippen LogP contribution is 2.30. The predicted molar refractivity (Wildman–Crippen MR) is 132 cm³/mol. The van der Waals surface area contributed by atoms with Crippen molar-refractivity contribution in [2.45, 2.75) is 59.3 Å². The van der Waals surface area contributed by atoms with Gasteiger partial charge in [0.1, 0.15) is 0 Å². The van der Waals surface area contributed by atoms with Gasteiger partial charge < -0.3 is 5.73 Å². The molecule has 0 atom stereocenters. The Bertz CT molecular complexity index is 697. The van der Waals surface area contributed by atoms with Crippen molar-refractivity contribution >= 4 is 0 Å². The van der Waals surface area contributed by atoms with Crippen molar-refractivity contribution in [1.82, 2.24) is 0 Å². The van der Waals surface area contributed by atoms with Crippen molar-refractivity contribution in [1.29, 1.82) is 0 Å². The summed E-state index contributed by atoms with van der Waals surface area (Å²) in [6.45, 7) is 15.2. The van der Waals surface area contributed by atoms with Gasteiger partial charge in [0.05, 0.1) is 0 Å². The summed E-state index contributed by atoms with van der Waals surface area (Å²) in [4.78, 5) is 0. The SMILES string of the molecule is CC.CC(C)(C)c1ccccc1.CC(C)(c1ccccc1)c1ccccc1.CN. The number of hydrogen-bond donors (Lipinski definition) is 1. The summed E-state index contributed by atoms with van der Waals surface area (Å²) >= 11 is 0. The van der Waals surface area contributed by atoms with Gasteiger partial charge in [-0.15, -0.1) is 0 Å². The summed E-state index contributed by atoms with van der Waals surface area (Å²) in [6.07, 6.45) is 0. The molecule has 0 amide bonds. The van der Waals surface area contributed by atoms with Crippen molar-refractivity contribution < 1.29 is 0 Å². The molecule has 0 saturated heterocycles. The van der Waals surface area contributed by atoms with Gasteiger partial charge in [0.2, 0.25) is 0 Å². The molecule has 0 bridgehead atoms. The lowest BCUT2D eigenvalue weighted by molar-refractivity contribution is 0.590. The minimum Gasteiger partial charge on any atom is -0.333 e. The standard InChI is InChI=1S/C15H16.C10H14.C2H6.CH5N/c1-15(2,13-9-5-3-6-10-13)14-11-7-4-8-12-14;1-10(2,3)9-7-5-4-6-8-9;2*1-2/h3-12H,1-2H3;4-8H,1-3H3;1-2H3;2H2,1H3. The maximum Gasteiger partial charge on any atom is 0.0146 e. The fraction of sp³-hybridized carbons (Fsp3) is 0.357. The first-order valence-corrected chi connectivity index (χ1v) is 10.6. The van der Waals surface area contributed by atoms with Crippen molar-refractivity contribution in [2.75, 3.05) is 7.05 Å². The van der Waals surface area contributed by atoms with Crippen LogP contribution in [0, 0.1) is 0 Å². The lowest BCUT2D eigenvalue weighted by Crippen LogP contribution is -2.18. The molecule has 0 aliphatic heterocycles. The molecule has 0 aromatic heterocycles. The van der Waals surface area contributed by atoms with Crippen molar-refractivity contribution in [3.63, 3.8) is 0 Å². The van der Waals surface area contributed by atoms with Crippen LogP contribution in [0.2, 0.25) is 0 Å². The summed E-state index contributed by atoms with van der Waals surface area (Å²) in [5.74, 6) is 0. The van der Waals surface area contributed by atoms with Gasteiger partial charge in [-0.3, -0.25) is 0 Å². The second kappa shape index (κ2) is 13.7. The molecule has 3 rings (SSSR count). The normalized spacial score (nSPS) is 10.2. The van der Waals surface area contributed by atoms with Crippen LogP contribution in [0.3, 0.4) is 0 Å². The molecule has 0 heterocycles. The number of hydrogen-bond acceptors (Lipinski definition) is 1. The molecule has 0 aliphatic rings. The molecule has 2 N–H and O–H groups in total. The molecule has 1 heteroatoms. The largest absolute Gasteiger partial charge is 0.333 e. The number of rotatable bonds is 2. The fourth-order valence-corrected chi connectivity index (χ4v) is 2.81. The molecule has 0 aliphatic carbocycles. The zero-order chi connectivity index (χ0) is 22.3. The highest BCUT2D eigenvalue weighted by atomic mass is 14.4. The van der Waals surface area contributed by atoms with Gasteiger partial charge in [-0.1, -0.05) is 139 Å². The molecule has 0 fully saturated rings. The smallest absolute Gasteiger partial charge is 0.0146 e. The molecule has 3 aromatic carbocycles. The first-order valence-electron chi connectivity index (χ1n) is 10.6. The van der Waals surface area contributed by atoms with E-state index in [-0.39, 0.29) is 5.41 Å². The molecule has 29 heavy (non-hydrogen) atoms. The minimum atomic E-state index is 0.0858. The summed E-state index contributed by atoms with van der Waals surface area (Å²) in [5, 5.41) is 0. The third-order valence-electron chi connectivity index (χ3n) is 4.63. The zero-order valence-electron chi connectivity index (χ0n) is 19.7. The summed E-state index contributed by atoms with van der Waals surface area (Å²) in [5.41, 5.74) is 8.99. The molecular weight excluding hydrogens is 350 g/mol. The predicted octanol–water partition coefficient (Wildman–Crippen LogP) is 7.60. The molecule has 0 unspecified atom stereocenters. The van der Waals surface area contributed by atoms with E-state index >= 15 is 0 Å².